The zero-order valence-electron chi connectivity index (χ0n) is 40.1. The number of para-hydroxylation sites is 1. The van der Waals surface area contributed by atoms with E-state index in [9.17, 15) is 19.2 Å². The fraction of sp³-hybridized carbons (Fsp3) is 0.674. The van der Waals surface area contributed by atoms with Crippen LogP contribution in [0.3, 0.4) is 0 Å². The Morgan fingerprint density at radius 2 is 1.45 bits per heavy atom. The van der Waals surface area contributed by atoms with Crippen LogP contribution in [0.25, 0.3) is 27.4 Å². The molecule has 2 aromatic heterocycles. The Balaban J connectivity index is 0.00000117. The summed E-state index contributed by atoms with van der Waals surface area (Å²) in [7, 11) is 0. The number of benzene rings is 1. The van der Waals surface area contributed by atoms with Gasteiger partial charge in [0.2, 0.25) is 18.2 Å². The van der Waals surface area contributed by atoms with Crippen LogP contribution in [0.5, 0.6) is 0 Å². The van der Waals surface area contributed by atoms with E-state index >= 15 is 0 Å². The van der Waals surface area contributed by atoms with E-state index in [-0.39, 0.29) is 82.8 Å². The van der Waals surface area contributed by atoms with Crippen molar-refractivity contribution in [2.45, 2.75) is 86.1 Å². The van der Waals surface area contributed by atoms with Crippen LogP contribution in [-0.4, -0.2) is 149 Å². The molecule has 0 saturated carbocycles. The number of carbonyl (C=O) groups excluding carboxylic acids is 4. The minimum atomic E-state index is -0.684. The molecule has 4 amide bonds. The standard InChI is InChI=1S/C22H30N7O4.C17H35N3O7.C4H11N.Y/c1-4-32-12-17-28-19-20(15-7-5-6-8-16(15)27-21(19)23)29(17)13-22(2,3)33-26-10-9-25-18(31)11-24-14-30;1-14(2)15(3)19-16(21)12-26-10-8-24-6-4-23-5-7-25-9-11-27-13-17(22)20-18;1-2-3-4-5;/h5-8,14H,4,9-13H2,1-3H3,(H2,23,27)(H,24,30)(H,25,31);14-15H,4-13,18H2,1-3H3,(H,19,21)(H,20,22);2-5H2,1H3;/q-1;;;. The number of hydrogen-bond donors (Lipinski definition) is 7. The SMILES string of the molecule is CC(C)C(C)NC(=O)COCCOCCOCCOCCOCC(=O)NN.CCCCN.CCOCc1nc2c(N)nc3ccccc3c2n1CC(C)(C)O[N-]CCNC(=O)CNC=O.[Y]. The zero-order valence-corrected chi connectivity index (χ0v) is 42.9. The van der Waals surface area contributed by atoms with Crippen molar-refractivity contribution in [3.8, 4) is 0 Å². The van der Waals surface area contributed by atoms with E-state index in [1.54, 1.807) is 0 Å². The molecule has 1 radical (unpaired) electrons. The largest absolute Gasteiger partial charge is 0.532 e. The molecule has 0 aliphatic heterocycles. The molecule has 0 bridgehead atoms. The van der Waals surface area contributed by atoms with Crippen LogP contribution in [0.1, 0.15) is 67.1 Å². The van der Waals surface area contributed by atoms with Gasteiger partial charge < -0.3 is 70.7 Å². The third kappa shape index (κ3) is 28.0. The van der Waals surface area contributed by atoms with E-state index in [0.29, 0.717) is 103 Å². The van der Waals surface area contributed by atoms with Gasteiger partial charge in [0.25, 0.3) is 5.91 Å². The Kier molecular flexibility index (Phi) is 36.4. The van der Waals surface area contributed by atoms with Crippen molar-refractivity contribution in [2.24, 2.45) is 17.5 Å². The Hall–Kier alpha value is -3.52. The summed E-state index contributed by atoms with van der Waals surface area (Å²) in [5.74, 6) is 5.59. The molecule has 2 heterocycles. The van der Waals surface area contributed by atoms with Crippen LogP contribution in [0.15, 0.2) is 24.3 Å². The maximum Gasteiger partial charge on any atom is 0.259 e. The van der Waals surface area contributed by atoms with Crippen molar-refractivity contribution >= 4 is 51.9 Å². The van der Waals surface area contributed by atoms with Crippen LogP contribution < -0.4 is 38.7 Å². The van der Waals surface area contributed by atoms with Gasteiger partial charge in [0.15, 0.2) is 5.82 Å². The maximum atomic E-state index is 11.6. The summed E-state index contributed by atoms with van der Waals surface area (Å²) in [6.45, 7) is 19.8. The predicted molar refractivity (Wildman–Crippen MR) is 248 cm³/mol. The van der Waals surface area contributed by atoms with Crippen LogP contribution in [0.4, 0.5) is 5.82 Å². The van der Waals surface area contributed by atoms with Gasteiger partial charge in [-0.25, -0.2) is 15.8 Å². The minimum absolute atomic E-state index is 0. The van der Waals surface area contributed by atoms with Gasteiger partial charge in [0.1, 0.15) is 31.2 Å². The second-order valence-corrected chi connectivity index (χ2v) is 15.3. The molecule has 0 spiro atoms. The van der Waals surface area contributed by atoms with Gasteiger partial charge in [-0.15, -0.1) is 6.54 Å². The number of nitrogens with zero attached hydrogens (tertiary/aromatic N) is 4. The molecule has 0 aliphatic carbocycles. The number of nitrogens with two attached hydrogens (primary N) is 3. The molecule has 22 nitrogen and oxygen atoms in total. The van der Waals surface area contributed by atoms with Gasteiger partial charge >= 0.3 is 0 Å². The maximum absolute atomic E-state index is 11.6. The van der Waals surface area contributed by atoms with E-state index in [4.69, 9.17) is 55.6 Å². The Bertz CT molecular complexity index is 1770. The second-order valence-electron chi connectivity index (χ2n) is 15.3. The number of carbonyl (C=O) groups is 4. The third-order valence-electron chi connectivity index (χ3n) is 8.91. The van der Waals surface area contributed by atoms with Crippen LogP contribution in [0.2, 0.25) is 0 Å². The summed E-state index contributed by atoms with van der Waals surface area (Å²) < 4.78 is 33.9. The van der Waals surface area contributed by atoms with E-state index in [0.717, 1.165) is 28.8 Å². The van der Waals surface area contributed by atoms with Gasteiger partial charge in [0, 0.05) is 57.3 Å². The van der Waals surface area contributed by atoms with Crippen molar-refractivity contribution in [1.29, 1.82) is 0 Å². The van der Waals surface area contributed by atoms with Crippen molar-refractivity contribution in [3.63, 3.8) is 0 Å². The fourth-order valence-corrected chi connectivity index (χ4v) is 5.26. The Morgan fingerprint density at radius 1 is 0.864 bits per heavy atom. The third-order valence-corrected chi connectivity index (χ3v) is 8.91. The first-order valence-corrected chi connectivity index (χ1v) is 22.0. The molecule has 23 heteroatoms. The number of hydroxylamine groups is 1. The van der Waals surface area contributed by atoms with Gasteiger partial charge in [0.05, 0.1) is 82.6 Å². The molecule has 66 heavy (non-hydrogen) atoms. The summed E-state index contributed by atoms with van der Waals surface area (Å²) in [5.41, 5.74) is 19.1. The average molecular weight is 1010 g/mol. The molecule has 10 N–H and O–H groups in total. The molecule has 0 fully saturated rings. The monoisotopic (exact) mass is 1010 g/mol. The number of imidazole rings is 1. The number of hydrogen-bond acceptors (Lipinski definition) is 16. The first-order valence-electron chi connectivity index (χ1n) is 22.0. The van der Waals surface area contributed by atoms with Crippen LogP contribution >= 0.6 is 0 Å². The molecule has 373 valence electrons. The Morgan fingerprint density at radius 3 is 1.98 bits per heavy atom. The molecule has 1 atom stereocenters. The molecule has 1 unspecified atom stereocenters. The summed E-state index contributed by atoms with van der Waals surface area (Å²) >= 11 is 0. The minimum Gasteiger partial charge on any atom is -0.532 e. The smallest absolute Gasteiger partial charge is 0.259 e. The van der Waals surface area contributed by atoms with Crippen molar-refractivity contribution in [2.75, 3.05) is 105 Å². The summed E-state index contributed by atoms with van der Waals surface area (Å²) in [6, 6.07) is 7.91. The van der Waals surface area contributed by atoms with Crippen molar-refractivity contribution < 1.29 is 85.1 Å². The number of rotatable bonds is 33. The molecular weight excluding hydrogens is 935 g/mol. The molecular formula is C43H76N11O11Y-. The van der Waals surface area contributed by atoms with Crippen LogP contribution in [0, 0.1) is 5.92 Å². The van der Waals surface area contributed by atoms with Crippen molar-refractivity contribution in [1.82, 2.24) is 35.9 Å². The predicted octanol–water partition coefficient (Wildman–Crippen LogP) is 1.61. The number of ether oxygens (including phenoxy) is 6. The number of anilines is 1. The summed E-state index contributed by atoms with van der Waals surface area (Å²) in [5, 5.41) is 8.76. The molecule has 3 rings (SSSR count). The van der Waals surface area contributed by atoms with E-state index in [1.165, 1.54) is 12.8 Å². The number of nitrogens with one attached hydrogen (secondary N) is 4. The summed E-state index contributed by atoms with van der Waals surface area (Å²) in [4.78, 5) is 59.1. The average Bonchev–Trinajstić information content (AvgIpc) is 3.64. The fourth-order valence-electron chi connectivity index (χ4n) is 5.26. The number of nitrogen functional groups attached to an aromatic ring is 1. The quantitative estimate of drug-likeness (QED) is 0.0150. The molecule has 0 saturated heterocycles. The number of fused-ring (bicyclic) bond motifs is 3. The van der Waals surface area contributed by atoms with Crippen LogP contribution in [-0.2, 0) is 98.3 Å². The van der Waals surface area contributed by atoms with Crippen molar-refractivity contribution in [3.05, 3.63) is 35.6 Å². The number of aromatic nitrogens is 3. The molecule has 1 aromatic carbocycles. The van der Waals surface area contributed by atoms with Gasteiger partial charge in [-0.1, -0.05) is 45.4 Å². The molecule has 0 aliphatic rings. The number of amides is 4. The number of pyridine rings is 1. The number of hydrazine groups is 1. The van der Waals surface area contributed by atoms with E-state index in [2.05, 4.69) is 33.3 Å². The Labute approximate surface area is 414 Å². The van der Waals surface area contributed by atoms with E-state index < -0.39 is 5.60 Å². The molecule has 3 aromatic rings. The van der Waals surface area contributed by atoms with Gasteiger partial charge in [-0.3, -0.25) is 24.6 Å². The van der Waals surface area contributed by atoms with E-state index in [1.807, 2.05) is 75.8 Å². The second kappa shape index (κ2) is 38.5. The first kappa shape index (κ1) is 62.5. The first-order chi connectivity index (χ1) is 31.2. The number of unbranched alkanes of at least 4 members (excludes halogenated alkanes) is 1. The summed E-state index contributed by atoms with van der Waals surface area (Å²) in [6.07, 6.45) is 2.86. The van der Waals surface area contributed by atoms with Gasteiger partial charge in [-0.2, -0.15) is 0 Å². The zero-order chi connectivity index (χ0) is 48.3. The normalized spacial score (nSPS) is 11.5. The topological polar surface area (TPSA) is 304 Å². The van der Waals surface area contributed by atoms with Gasteiger partial charge in [-0.05, 0) is 52.6 Å².